The van der Waals surface area contributed by atoms with E-state index in [1.807, 2.05) is 11.3 Å². The highest BCUT2D eigenvalue weighted by molar-refractivity contribution is 7.15. The zero-order valence-electron chi connectivity index (χ0n) is 16.2. The van der Waals surface area contributed by atoms with E-state index in [1.165, 1.54) is 35.0 Å². The molecule has 1 aromatic rings. The van der Waals surface area contributed by atoms with Gasteiger partial charge in [-0.3, -0.25) is 4.79 Å². The molecule has 4 heterocycles. The SMILES string of the molecule is CCCC(CC)CC(=O)N1CCc2nc(N3C4CCC3CNC4)sc2C1. The maximum Gasteiger partial charge on any atom is 0.223 e. The minimum Gasteiger partial charge on any atom is -0.340 e. The number of fused-ring (bicyclic) bond motifs is 3. The van der Waals surface area contributed by atoms with E-state index in [1.54, 1.807) is 0 Å². The molecule has 1 N–H and O–H groups in total. The van der Waals surface area contributed by atoms with Crippen molar-refractivity contribution >= 4 is 22.4 Å². The summed E-state index contributed by atoms with van der Waals surface area (Å²) in [7, 11) is 0. The number of carbonyl (C=O) groups excluding carboxylic acids is 1. The van der Waals surface area contributed by atoms with E-state index in [0.717, 1.165) is 45.4 Å². The Kier molecular flexibility index (Phi) is 5.50. The van der Waals surface area contributed by atoms with Gasteiger partial charge in [-0.05, 0) is 18.8 Å². The monoisotopic (exact) mass is 376 g/mol. The van der Waals surface area contributed by atoms with Crippen LogP contribution in [0.3, 0.4) is 0 Å². The first-order chi connectivity index (χ1) is 12.7. The molecule has 2 saturated heterocycles. The summed E-state index contributed by atoms with van der Waals surface area (Å²) in [5.74, 6) is 0.885. The molecule has 1 aromatic heterocycles. The Balaban J connectivity index is 1.43. The van der Waals surface area contributed by atoms with Crippen LogP contribution in [0.15, 0.2) is 0 Å². The van der Waals surface area contributed by atoms with Crippen molar-refractivity contribution in [2.45, 2.75) is 77.4 Å². The number of thiazole rings is 1. The lowest BCUT2D eigenvalue weighted by Crippen LogP contribution is -2.51. The Morgan fingerprint density at radius 3 is 2.77 bits per heavy atom. The van der Waals surface area contributed by atoms with Gasteiger partial charge in [0.05, 0.1) is 12.2 Å². The number of rotatable bonds is 6. The highest BCUT2D eigenvalue weighted by atomic mass is 32.1. The van der Waals surface area contributed by atoms with Crippen LogP contribution >= 0.6 is 11.3 Å². The molecule has 3 aliphatic rings. The van der Waals surface area contributed by atoms with E-state index in [-0.39, 0.29) is 0 Å². The van der Waals surface area contributed by atoms with Crippen molar-refractivity contribution in [2.24, 2.45) is 5.92 Å². The number of hydrogen-bond acceptors (Lipinski definition) is 5. The van der Waals surface area contributed by atoms with Crippen LogP contribution in [0, 0.1) is 5.92 Å². The van der Waals surface area contributed by atoms with Gasteiger partial charge in [0.25, 0.3) is 0 Å². The molecule has 144 valence electrons. The second-order valence-electron chi connectivity index (χ2n) is 8.15. The molecule has 2 fully saturated rings. The second kappa shape index (κ2) is 7.85. The Hall–Kier alpha value is -1.14. The molecule has 3 atom stereocenters. The maximum atomic E-state index is 12.8. The van der Waals surface area contributed by atoms with Crippen LogP contribution < -0.4 is 10.2 Å². The molecule has 0 radical (unpaired) electrons. The fraction of sp³-hybridized carbons (Fsp3) is 0.800. The van der Waals surface area contributed by atoms with Gasteiger partial charge in [-0.2, -0.15) is 0 Å². The topological polar surface area (TPSA) is 48.5 Å². The average molecular weight is 377 g/mol. The molecule has 0 aromatic carbocycles. The molecule has 5 nitrogen and oxygen atoms in total. The van der Waals surface area contributed by atoms with Gasteiger partial charge in [0.15, 0.2) is 5.13 Å². The van der Waals surface area contributed by atoms with Crippen molar-refractivity contribution in [3.05, 3.63) is 10.6 Å². The molecular formula is C20H32N4OS. The molecule has 26 heavy (non-hydrogen) atoms. The number of anilines is 1. The number of carbonyl (C=O) groups is 1. The van der Waals surface area contributed by atoms with E-state index >= 15 is 0 Å². The van der Waals surface area contributed by atoms with Crippen LogP contribution in [0.1, 0.15) is 62.9 Å². The smallest absolute Gasteiger partial charge is 0.223 e. The number of amides is 1. The highest BCUT2D eigenvalue weighted by Gasteiger charge is 2.39. The van der Waals surface area contributed by atoms with Crippen LogP contribution in [-0.2, 0) is 17.8 Å². The van der Waals surface area contributed by atoms with Gasteiger partial charge < -0.3 is 15.1 Å². The Labute approximate surface area is 161 Å². The summed E-state index contributed by atoms with van der Waals surface area (Å²) in [6.45, 7) is 8.20. The van der Waals surface area contributed by atoms with Gasteiger partial charge in [-0.15, -0.1) is 0 Å². The molecule has 4 rings (SSSR count). The van der Waals surface area contributed by atoms with Gasteiger partial charge in [0.2, 0.25) is 5.91 Å². The summed E-state index contributed by atoms with van der Waals surface area (Å²) >= 11 is 1.84. The first-order valence-electron chi connectivity index (χ1n) is 10.4. The highest BCUT2D eigenvalue weighted by Crippen LogP contribution is 2.38. The van der Waals surface area contributed by atoms with Crippen LogP contribution in [0.2, 0.25) is 0 Å². The Morgan fingerprint density at radius 1 is 1.31 bits per heavy atom. The van der Waals surface area contributed by atoms with E-state index in [4.69, 9.17) is 4.98 Å². The van der Waals surface area contributed by atoms with E-state index in [0.29, 0.717) is 30.3 Å². The Morgan fingerprint density at radius 2 is 2.08 bits per heavy atom. The van der Waals surface area contributed by atoms with Gasteiger partial charge in [0, 0.05) is 49.4 Å². The number of piperazine rings is 1. The first-order valence-corrected chi connectivity index (χ1v) is 11.3. The quantitative estimate of drug-likeness (QED) is 0.828. The zero-order chi connectivity index (χ0) is 18.1. The fourth-order valence-electron chi connectivity index (χ4n) is 4.83. The van der Waals surface area contributed by atoms with Crippen molar-refractivity contribution in [1.29, 1.82) is 0 Å². The average Bonchev–Trinajstić information content (AvgIpc) is 3.17. The molecular weight excluding hydrogens is 344 g/mol. The largest absolute Gasteiger partial charge is 0.340 e. The lowest BCUT2D eigenvalue weighted by atomic mass is 9.96. The molecule has 0 spiro atoms. The van der Waals surface area contributed by atoms with E-state index in [2.05, 4.69) is 29.0 Å². The number of aromatic nitrogens is 1. The summed E-state index contributed by atoms with van der Waals surface area (Å²) in [6.07, 6.45) is 7.63. The summed E-state index contributed by atoms with van der Waals surface area (Å²) in [5.41, 5.74) is 1.24. The van der Waals surface area contributed by atoms with Gasteiger partial charge >= 0.3 is 0 Å². The van der Waals surface area contributed by atoms with Crippen molar-refractivity contribution < 1.29 is 4.79 Å². The van der Waals surface area contributed by atoms with Crippen LogP contribution in [0.4, 0.5) is 5.13 Å². The van der Waals surface area contributed by atoms with E-state index < -0.39 is 0 Å². The second-order valence-corrected chi connectivity index (χ2v) is 9.21. The molecule has 6 heteroatoms. The lowest BCUT2D eigenvalue weighted by Gasteiger charge is -2.35. The zero-order valence-corrected chi connectivity index (χ0v) is 17.0. The van der Waals surface area contributed by atoms with E-state index in [9.17, 15) is 4.79 Å². The summed E-state index contributed by atoms with van der Waals surface area (Å²) < 4.78 is 0. The third-order valence-electron chi connectivity index (χ3n) is 6.41. The molecule has 2 bridgehead atoms. The molecule has 3 unspecified atom stereocenters. The standard InChI is InChI=1S/C20H32N4OS/c1-3-5-14(4-2)10-19(25)23-9-8-17-18(13-23)26-20(22-17)24-15-6-7-16(24)12-21-11-15/h14-16,21H,3-13H2,1-2H3. The van der Waals surface area contributed by atoms with Gasteiger partial charge in [-0.1, -0.05) is 44.4 Å². The lowest BCUT2D eigenvalue weighted by molar-refractivity contribution is -0.133. The third-order valence-corrected chi connectivity index (χ3v) is 7.51. The normalized spacial score (nSPS) is 26.1. The molecule has 1 amide bonds. The summed E-state index contributed by atoms with van der Waals surface area (Å²) in [6, 6.07) is 1.22. The first kappa shape index (κ1) is 18.2. The summed E-state index contributed by atoms with van der Waals surface area (Å²) in [4.78, 5) is 23.7. The molecule has 0 aliphatic carbocycles. The Bertz CT molecular complexity index is 630. The summed E-state index contributed by atoms with van der Waals surface area (Å²) in [5, 5.41) is 4.75. The molecule has 0 saturated carbocycles. The minimum atomic E-state index is 0.341. The molecule has 3 aliphatic heterocycles. The minimum absolute atomic E-state index is 0.341. The number of hydrogen-bond donors (Lipinski definition) is 1. The van der Waals surface area contributed by atoms with Crippen molar-refractivity contribution in [3.63, 3.8) is 0 Å². The van der Waals surface area contributed by atoms with Gasteiger partial charge in [-0.25, -0.2) is 4.98 Å². The van der Waals surface area contributed by atoms with Crippen LogP contribution in [0.5, 0.6) is 0 Å². The van der Waals surface area contributed by atoms with Gasteiger partial charge in [0.1, 0.15) is 0 Å². The predicted octanol–water partition coefficient (Wildman–Crippen LogP) is 3.18. The maximum absolute atomic E-state index is 12.8. The van der Waals surface area contributed by atoms with Crippen LogP contribution in [-0.4, -0.2) is 47.5 Å². The van der Waals surface area contributed by atoms with Crippen molar-refractivity contribution in [3.8, 4) is 0 Å². The van der Waals surface area contributed by atoms with Crippen molar-refractivity contribution in [2.75, 3.05) is 24.5 Å². The third kappa shape index (κ3) is 3.50. The predicted molar refractivity (Wildman–Crippen MR) is 107 cm³/mol. The number of nitrogens with one attached hydrogen (secondary N) is 1. The number of nitrogens with zero attached hydrogens (tertiary/aromatic N) is 3. The van der Waals surface area contributed by atoms with Crippen molar-refractivity contribution in [1.82, 2.24) is 15.2 Å². The van der Waals surface area contributed by atoms with Crippen LogP contribution in [0.25, 0.3) is 0 Å². The fourth-order valence-corrected chi connectivity index (χ4v) is 6.10.